The van der Waals surface area contributed by atoms with Crippen LogP contribution >= 0.6 is 0 Å². The van der Waals surface area contributed by atoms with Crippen LogP contribution < -0.4 is 0 Å². The standard InChI is InChI=1S/C15H18O3/c1-4-18-15(17)12(3)14(10-11(2)16)13-8-6-5-7-9-13/h5-9,14H,3-4,10H2,1-2H3/t14-/m0/s1. The molecular weight excluding hydrogens is 228 g/mol. The van der Waals surface area contributed by atoms with Crippen molar-refractivity contribution in [2.75, 3.05) is 6.61 Å². The SMILES string of the molecule is C=C(C(=O)OCC)[C@H](CC(C)=O)c1ccccc1. The molecule has 0 N–H and O–H groups in total. The van der Waals surface area contributed by atoms with Crippen molar-refractivity contribution in [1.82, 2.24) is 0 Å². The first-order chi connectivity index (χ1) is 8.56. The second-order valence-electron chi connectivity index (χ2n) is 4.12. The Hall–Kier alpha value is -1.90. The number of Topliss-reactive ketones (excluding diaryl/α,β-unsaturated/α-hetero) is 1. The van der Waals surface area contributed by atoms with E-state index in [0.29, 0.717) is 12.2 Å². The van der Waals surface area contributed by atoms with Crippen LogP contribution in [-0.2, 0) is 14.3 Å². The van der Waals surface area contributed by atoms with E-state index >= 15 is 0 Å². The van der Waals surface area contributed by atoms with E-state index in [9.17, 15) is 9.59 Å². The van der Waals surface area contributed by atoms with Gasteiger partial charge in [-0.3, -0.25) is 4.79 Å². The summed E-state index contributed by atoms with van der Waals surface area (Å²) < 4.78 is 4.94. The molecule has 0 aromatic heterocycles. The lowest BCUT2D eigenvalue weighted by molar-refractivity contribution is -0.138. The zero-order valence-corrected chi connectivity index (χ0v) is 10.8. The second-order valence-corrected chi connectivity index (χ2v) is 4.12. The molecule has 1 atom stereocenters. The fourth-order valence-corrected chi connectivity index (χ4v) is 1.78. The smallest absolute Gasteiger partial charge is 0.334 e. The van der Waals surface area contributed by atoms with Gasteiger partial charge in [-0.05, 0) is 19.4 Å². The molecule has 0 radical (unpaired) electrons. The molecule has 18 heavy (non-hydrogen) atoms. The number of esters is 1. The number of ether oxygens (including phenoxy) is 1. The molecule has 0 aliphatic rings. The summed E-state index contributed by atoms with van der Waals surface area (Å²) in [7, 11) is 0. The minimum Gasteiger partial charge on any atom is -0.463 e. The van der Waals surface area contributed by atoms with Crippen LogP contribution in [0.2, 0.25) is 0 Å². The molecule has 3 heteroatoms. The van der Waals surface area contributed by atoms with Crippen molar-refractivity contribution < 1.29 is 14.3 Å². The maximum absolute atomic E-state index is 11.7. The van der Waals surface area contributed by atoms with E-state index in [1.165, 1.54) is 6.92 Å². The van der Waals surface area contributed by atoms with Gasteiger partial charge in [-0.1, -0.05) is 36.9 Å². The van der Waals surface area contributed by atoms with Crippen LogP contribution in [0.4, 0.5) is 0 Å². The number of hydrogen-bond donors (Lipinski definition) is 0. The number of carbonyl (C=O) groups excluding carboxylic acids is 2. The zero-order chi connectivity index (χ0) is 13.5. The number of carbonyl (C=O) groups is 2. The number of ketones is 1. The molecule has 96 valence electrons. The molecule has 0 fully saturated rings. The van der Waals surface area contributed by atoms with Crippen molar-refractivity contribution in [3.63, 3.8) is 0 Å². The highest BCUT2D eigenvalue weighted by molar-refractivity contribution is 5.91. The van der Waals surface area contributed by atoms with Crippen LogP contribution in [0.15, 0.2) is 42.5 Å². The van der Waals surface area contributed by atoms with Crippen LogP contribution in [0.1, 0.15) is 31.7 Å². The van der Waals surface area contributed by atoms with Gasteiger partial charge in [0, 0.05) is 17.9 Å². The van der Waals surface area contributed by atoms with E-state index in [1.54, 1.807) is 6.92 Å². The third-order valence-electron chi connectivity index (χ3n) is 2.65. The highest BCUT2D eigenvalue weighted by atomic mass is 16.5. The maximum atomic E-state index is 11.7. The molecule has 0 saturated heterocycles. The molecular formula is C15H18O3. The van der Waals surface area contributed by atoms with E-state index in [4.69, 9.17) is 4.74 Å². The summed E-state index contributed by atoms with van der Waals surface area (Å²) in [6, 6.07) is 9.42. The Morgan fingerprint density at radius 3 is 2.39 bits per heavy atom. The van der Waals surface area contributed by atoms with E-state index in [0.717, 1.165) is 5.56 Å². The Balaban J connectivity index is 2.95. The molecule has 0 saturated carbocycles. The van der Waals surface area contributed by atoms with Gasteiger partial charge in [-0.25, -0.2) is 4.79 Å². The Morgan fingerprint density at radius 2 is 1.89 bits per heavy atom. The first-order valence-electron chi connectivity index (χ1n) is 5.96. The van der Waals surface area contributed by atoms with E-state index < -0.39 is 5.97 Å². The van der Waals surface area contributed by atoms with E-state index in [2.05, 4.69) is 6.58 Å². The average molecular weight is 246 g/mol. The zero-order valence-electron chi connectivity index (χ0n) is 10.8. The van der Waals surface area contributed by atoms with Crippen molar-refractivity contribution >= 4 is 11.8 Å². The predicted octanol–water partition coefficient (Wildman–Crippen LogP) is 2.87. The Labute approximate surface area is 107 Å². The fraction of sp³-hybridized carbons (Fsp3) is 0.333. The average Bonchev–Trinajstić information content (AvgIpc) is 2.36. The van der Waals surface area contributed by atoms with Crippen LogP contribution in [-0.4, -0.2) is 18.4 Å². The lowest BCUT2D eigenvalue weighted by atomic mass is 9.88. The van der Waals surface area contributed by atoms with Crippen molar-refractivity contribution in [2.24, 2.45) is 0 Å². The monoisotopic (exact) mass is 246 g/mol. The van der Waals surface area contributed by atoms with Gasteiger partial charge in [0.15, 0.2) is 0 Å². The van der Waals surface area contributed by atoms with Gasteiger partial charge >= 0.3 is 5.97 Å². The van der Waals surface area contributed by atoms with Gasteiger partial charge in [0.25, 0.3) is 0 Å². The first kappa shape index (κ1) is 14.2. The molecule has 0 spiro atoms. The Kier molecular flexibility index (Phi) is 5.31. The summed E-state index contributed by atoms with van der Waals surface area (Å²) in [5.74, 6) is -0.718. The first-order valence-corrected chi connectivity index (χ1v) is 5.96. The third-order valence-corrected chi connectivity index (χ3v) is 2.65. The second kappa shape index (κ2) is 6.74. The molecule has 1 aromatic carbocycles. The van der Waals surface area contributed by atoms with Gasteiger partial charge in [0.2, 0.25) is 0 Å². The Morgan fingerprint density at radius 1 is 1.28 bits per heavy atom. The molecule has 0 aliphatic carbocycles. The molecule has 0 bridgehead atoms. The van der Waals surface area contributed by atoms with Gasteiger partial charge in [-0.2, -0.15) is 0 Å². The summed E-state index contributed by atoms with van der Waals surface area (Å²) in [6.07, 6.45) is 0.266. The number of rotatable bonds is 6. The maximum Gasteiger partial charge on any atom is 0.334 e. The predicted molar refractivity (Wildman–Crippen MR) is 70.3 cm³/mol. The van der Waals surface area contributed by atoms with Crippen LogP contribution in [0.3, 0.4) is 0 Å². The molecule has 0 aliphatic heterocycles. The minimum atomic E-state index is -0.437. The van der Waals surface area contributed by atoms with Crippen molar-refractivity contribution in [1.29, 1.82) is 0 Å². The van der Waals surface area contributed by atoms with Crippen LogP contribution in [0.25, 0.3) is 0 Å². The fourth-order valence-electron chi connectivity index (χ4n) is 1.78. The van der Waals surface area contributed by atoms with Crippen LogP contribution in [0.5, 0.6) is 0 Å². The molecule has 0 amide bonds. The van der Waals surface area contributed by atoms with Crippen molar-refractivity contribution in [2.45, 2.75) is 26.2 Å². The topological polar surface area (TPSA) is 43.4 Å². The number of benzene rings is 1. The minimum absolute atomic E-state index is 0.0225. The summed E-state index contributed by atoms with van der Waals surface area (Å²) in [5.41, 5.74) is 1.24. The van der Waals surface area contributed by atoms with E-state index in [-0.39, 0.29) is 18.1 Å². The molecule has 1 aromatic rings. The normalized spacial score (nSPS) is 11.7. The Bertz CT molecular complexity index is 434. The van der Waals surface area contributed by atoms with E-state index in [1.807, 2.05) is 30.3 Å². The molecule has 1 rings (SSSR count). The van der Waals surface area contributed by atoms with Crippen molar-refractivity contribution in [3.8, 4) is 0 Å². The summed E-state index contributed by atoms with van der Waals surface area (Å²) in [5, 5.41) is 0. The van der Waals surface area contributed by atoms with Gasteiger partial charge in [0.05, 0.1) is 6.61 Å². The highest BCUT2D eigenvalue weighted by Crippen LogP contribution is 2.27. The van der Waals surface area contributed by atoms with Crippen molar-refractivity contribution in [3.05, 3.63) is 48.0 Å². The molecule has 0 unspecified atom stereocenters. The lowest BCUT2D eigenvalue weighted by Crippen LogP contribution is -2.16. The molecule has 0 heterocycles. The largest absolute Gasteiger partial charge is 0.463 e. The van der Waals surface area contributed by atoms with Gasteiger partial charge < -0.3 is 4.74 Å². The molecule has 3 nitrogen and oxygen atoms in total. The lowest BCUT2D eigenvalue weighted by Gasteiger charge is -2.17. The summed E-state index contributed by atoms with van der Waals surface area (Å²) in [6.45, 7) is 7.33. The quantitative estimate of drug-likeness (QED) is 0.572. The van der Waals surface area contributed by atoms with Crippen LogP contribution in [0, 0.1) is 0 Å². The summed E-state index contributed by atoms with van der Waals surface area (Å²) in [4.78, 5) is 23.0. The third kappa shape index (κ3) is 3.84. The van der Waals surface area contributed by atoms with Gasteiger partial charge in [-0.15, -0.1) is 0 Å². The highest BCUT2D eigenvalue weighted by Gasteiger charge is 2.23. The number of hydrogen-bond acceptors (Lipinski definition) is 3. The van der Waals surface area contributed by atoms with Gasteiger partial charge in [0.1, 0.15) is 5.78 Å². The summed E-state index contributed by atoms with van der Waals surface area (Å²) >= 11 is 0.